The number of nitrogens with zero attached hydrogens (tertiary/aromatic N) is 1. The van der Waals surface area contributed by atoms with Crippen LogP contribution in [0.1, 0.15) is 0 Å². The van der Waals surface area contributed by atoms with Crippen LogP contribution in [0.5, 0.6) is 0 Å². The van der Waals surface area contributed by atoms with Crippen molar-refractivity contribution in [3.63, 3.8) is 0 Å². The minimum atomic E-state index is -0.388. The maximum absolute atomic E-state index is 9.17. The van der Waals surface area contributed by atoms with Crippen molar-refractivity contribution >= 4 is 22.6 Å². The lowest BCUT2D eigenvalue weighted by Gasteiger charge is -1.72. The number of hydrogen-bond acceptors (Lipinski definition) is 2. The van der Waals surface area contributed by atoms with Gasteiger partial charge in [0.05, 0.1) is 0 Å². The molecule has 0 amide bonds. The second-order valence-corrected chi connectivity index (χ2v) is 1.13. The van der Waals surface area contributed by atoms with Crippen molar-refractivity contribution in [3.05, 3.63) is 10.1 Å². The minimum Gasteiger partial charge on any atom is -0.264 e. The maximum atomic E-state index is 9.17. The summed E-state index contributed by atoms with van der Waals surface area (Å²) in [6, 6.07) is 0. The quantitative estimate of drug-likeness (QED) is 0.199. The van der Waals surface area contributed by atoms with Gasteiger partial charge in [0, 0.05) is 27.5 Å². The number of rotatable bonds is 1. The molecule has 5 heavy (non-hydrogen) atoms. The predicted molar refractivity (Wildman–Crippen MR) is 25.9 cm³/mol. The molecule has 0 aromatic carbocycles. The standard InChI is InChI=1S/CH2INO2/c2-1-3(4)5/h1H2. The van der Waals surface area contributed by atoms with E-state index < -0.39 is 0 Å². The third-order valence-electron chi connectivity index (χ3n) is 0.0976. The summed E-state index contributed by atoms with van der Waals surface area (Å²) < 4.78 is -0.00222. The van der Waals surface area contributed by atoms with E-state index in [0.717, 1.165) is 0 Å². The van der Waals surface area contributed by atoms with Crippen LogP contribution < -0.4 is 0 Å². The van der Waals surface area contributed by atoms with E-state index in [2.05, 4.69) is 0 Å². The minimum absolute atomic E-state index is 0.00222. The Morgan fingerprint density at radius 2 is 2.20 bits per heavy atom. The Kier molecular flexibility index (Phi) is 2.43. The highest BCUT2D eigenvalue weighted by Gasteiger charge is 1.79. The van der Waals surface area contributed by atoms with Gasteiger partial charge < -0.3 is 0 Å². The van der Waals surface area contributed by atoms with Crippen LogP contribution in [0.15, 0.2) is 0 Å². The molecule has 0 atom stereocenters. The van der Waals surface area contributed by atoms with Crippen LogP contribution >= 0.6 is 22.6 Å². The molecule has 0 bridgehead atoms. The summed E-state index contributed by atoms with van der Waals surface area (Å²) in [6.07, 6.45) is 0. The van der Waals surface area contributed by atoms with Crippen LogP contribution in [-0.2, 0) is 0 Å². The summed E-state index contributed by atoms with van der Waals surface area (Å²) in [6.45, 7) is 0. The molecule has 3 nitrogen and oxygen atoms in total. The lowest BCUT2D eigenvalue weighted by molar-refractivity contribution is -0.451. The Hall–Kier alpha value is 0.130. The second-order valence-electron chi connectivity index (χ2n) is 0.452. The van der Waals surface area contributed by atoms with E-state index in [1.54, 1.807) is 22.6 Å². The molecule has 0 N–H and O–H groups in total. The van der Waals surface area contributed by atoms with Crippen LogP contribution in [0.25, 0.3) is 0 Å². The topological polar surface area (TPSA) is 43.1 Å². The maximum Gasteiger partial charge on any atom is 0.252 e. The van der Waals surface area contributed by atoms with E-state index >= 15 is 0 Å². The monoisotopic (exact) mass is 187 g/mol. The molecular formula is CH2INO2. The average Bonchev–Trinajstić information content (AvgIpc) is 1.38. The van der Waals surface area contributed by atoms with Crippen molar-refractivity contribution in [1.82, 2.24) is 0 Å². The molecule has 0 aliphatic carbocycles. The highest BCUT2D eigenvalue weighted by molar-refractivity contribution is 14.1. The van der Waals surface area contributed by atoms with Crippen LogP contribution in [0.2, 0.25) is 0 Å². The Morgan fingerprint density at radius 1 is 2.00 bits per heavy atom. The van der Waals surface area contributed by atoms with Gasteiger partial charge in [0.1, 0.15) is 0 Å². The van der Waals surface area contributed by atoms with E-state index in [0.29, 0.717) is 0 Å². The Bertz CT molecular complexity index is 44.9. The smallest absolute Gasteiger partial charge is 0.252 e. The molecule has 4 heteroatoms. The fraction of sp³-hybridized carbons (Fsp3) is 1.00. The van der Waals surface area contributed by atoms with E-state index in [1.807, 2.05) is 0 Å². The summed E-state index contributed by atoms with van der Waals surface area (Å²) in [5.41, 5.74) is 0. The Morgan fingerprint density at radius 3 is 2.20 bits per heavy atom. The Balaban J connectivity index is 2.85. The van der Waals surface area contributed by atoms with E-state index in [-0.39, 0.29) is 9.47 Å². The Labute approximate surface area is 42.7 Å². The summed E-state index contributed by atoms with van der Waals surface area (Å²) in [4.78, 5) is 8.78. The fourth-order valence-electron chi connectivity index (χ4n) is 0. The first-order chi connectivity index (χ1) is 2.27. The molecule has 0 aromatic rings. The van der Waals surface area contributed by atoms with Crippen LogP contribution in [-0.4, -0.2) is 9.47 Å². The third kappa shape index (κ3) is 4.13. The van der Waals surface area contributed by atoms with Crippen molar-refractivity contribution in [2.75, 3.05) is 4.55 Å². The van der Waals surface area contributed by atoms with Gasteiger partial charge in [0.2, 0.25) is 0 Å². The molecule has 0 aliphatic rings. The van der Waals surface area contributed by atoms with Crippen LogP contribution in [0.4, 0.5) is 0 Å². The highest BCUT2D eigenvalue weighted by atomic mass is 127. The molecule has 0 radical (unpaired) electrons. The van der Waals surface area contributed by atoms with Crippen molar-refractivity contribution in [2.45, 2.75) is 0 Å². The first-order valence-corrected chi connectivity index (χ1v) is 2.47. The lowest BCUT2D eigenvalue weighted by Crippen LogP contribution is -1.88. The third-order valence-corrected chi connectivity index (χ3v) is 0.655. The molecule has 30 valence electrons. The zero-order valence-corrected chi connectivity index (χ0v) is 4.51. The van der Waals surface area contributed by atoms with Gasteiger partial charge in [0.25, 0.3) is 4.55 Å². The van der Waals surface area contributed by atoms with Gasteiger partial charge in [-0.15, -0.1) is 0 Å². The van der Waals surface area contributed by atoms with Gasteiger partial charge >= 0.3 is 0 Å². The first kappa shape index (κ1) is 5.13. The number of halogens is 1. The first-order valence-electron chi connectivity index (χ1n) is 0.949. The van der Waals surface area contributed by atoms with Crippen molar-refractivity contribution < 1.29 is 4.92 Å². The fourth-order valence-corrected chi connectivity index (χ4v) is 0. The molecule has 0 saturated heterocycles. The van der Waals surface area contributed by atoms with E-state index in [1.165, 1.54) is 0 Å². The molecule has 0 rings (SSSR count). The molecule has 0 aliphatic heterocycles. The molecule has 0 unspecified atom stereocenters. The van der Waals surface area contributed by atoms with E-state index in [9.17, 15) is 0 Å². The van der Waals surface area contributed by atoms with Crippen LogP contribution in [0, 0.1) is 10.1 Å². The van der Waals surface area contributed by atoms with Gasteiger partial charge in [-0.05, 0) is 0 Å². The van der Waals surface area contributed by atoms with Crippen molar-refractivity contribution in [1.29, 1.82) is 0 Å². The number of alkyl halides is 1. The highest BCUT2D eigenvalue weighted by Crippen LogP contribution is 1.76. The summed E-state index contributed by atoms with van der Waals surface area (Å²) in [7, 11) is 0. The lowest BCUT2D eigenvalue weighted by atomic mass is 11.5. The van der Waals surface area contributed by atoms with Gasteiger partial charge in [-0.1, -0.05) is 0 Å². The van der Waals surface area contributed by atoms with Crippen molar-refractivity contribution in [3.8, 4) is 0 Å². The molecule has 0 heterocycles. The predicted octanol–water partition coefficient (Wildman–Crippen LogP) is 0.656. The summed E-state index contributed by atoms with van der Waals surface area (Å²) >= 11 is 1.68. The van der Waals surface area contributed by atoms with Gasteiger partial charge in [-0.25, -0.2) is 0 Å². The molecule has 0 aromatic heterocycles. The average molecular weight is 187 g/mol. The van der Waals surface area contributed by atoms with Gasteiger partial charge in [-0.2, -0.15) is 0 Å². The summed E-state index contributed by atoms with van der Waals surface area (Å²) in [5, 5.41) is 9.17. The van der Waals surface area contributed by atoms with Crippen molar-refractivity contribution in [2.24, 2.45) is 0 Å². The summed E-state index contributed by atoms with van der Waals surface area (Å²) in [5.74, 6) is 0. The van der Waals surface area contributed by atoms with Gasteiger partial charge in [-0.3, -0.25) is 10.1 Å². The molecule has 0 fully saturated rings. The zero-order valence-electron chi connectivity index (χ0n) is 2.35. The normalized spacial score (nSPS) is 7.40. The number of hydrogen-bond donors (Lipinski definition) is 0. The zero-order chi connectivity index (χ0) is 4.28. The van der Waals surface area contributed by atoms with Crippen LogP contribution in [0.3, 0.4) is 0 Å². The number of nitro groups is 1. The SMILES string of the molecule is O=[N+]([O-])CI. The van der Waals surface area contributed by atoms with E-state index in [4.69, 9.17) is 10.1 Å². The molecule has 0 saturated carbocycles. The van der Waals surface area contributed by atoms with Gasteiger partial charge in [0.15, 0.2) is 0 Å². The second kappa shape index (κ2) is 2.37. The molecular weight excluding hydrogens is 185 g/mol. The largest absolute Gasteiger partial charge is 0.264 e. The molecule has 0 spiro atoms.